The third kappa shape index (κ3) is 3.05. The van der Waals surface area contributed by atoms with Gasteiger partial charge in [0.15, 0.2) is 0 Å². The van der Waals surface area contributed by atoms with Crippen LogP contribution in [0.3, 0.4) is 0 Å². The average molecular weight is 314 g/mol. The van der Waals surface area contributed by atoms with Gasteiger partial charge in [0.25, 0.3) is 0 Å². The maximum Gasteiger partial charge on any atom is 0.119 e. The maximum atomic E-state index is 9.54. The molecule has 1 aromatic carbocycles. The van der Waals surface area contributed by atoms with Crippen LogP contribution in [-0.2, 0) is 6.54 Å². The lowest BCUT2D eigenvalue weighted by Crippen LogP contribution is -2.47. The zero-order valence-corrected chi connectivity index (χ0v) is 12.5. The molecule has 2 N–H and O–H groups in total. The lowest BCUT2D eigenvalue weighted by Gasteiger charge is -2.29. The van der Waals surface area contributed by atoms with Gasteiger partial charge in [-0.1, -0.05) is 15.9 Å². The zero-order valence-electron chi connectivity index (χ0n) is 10.9. The van der Waals surface area contributed by atoms with Crippen LogP contribution in [0.5, 0.6) is 5.75 Å². The van der Waals surface area contributed by atoms with Crippen molar-refractivity contribution >= 4 is 15.9 Å². The van der Waals surface area contributed by atoms with Gasteiger partial charge in [-0.05, 0) is 49.4 Å². The van der Waals surface area contributed by atoms with E-state index in [-0.39, 0.29) is 12.1 Å². The Morgan fingerprint density at radius 3 is 2.78 bits per heavy atom. The van der Waals surface area contributed by atoms with Crippen molar-refractivity contribution in [2.75, 3.05) is 13.7 Å². The maximum absolute atomic E-state index is 9.54. The van der Waals surface area contributed by atoms with Gasteiger partial charge in [0.05, 0.1) is 13.7 Å². The molecule has 0 saturated heterocycles. The molecule has 100 valence electrons. The normalized spacial score (nSPS) is 18.4. The summed E-state index contributed by atoms with van der Waals surface area (Å²) in [6.45, 7) is 3.00. The number of ether oxygens (including phenoxy) is 1. The molecule has 1 fully saturated rings. The van der Waals surface area contributed by atoms with Crippen LogP contribution >= 0.6 is 15.9 Å². The highest BCUT2D eigenvalue weighted by Crippen LogP contribution is 2.39. The number of nitrogens with one attached hydrogen (secondary N) is 1. The number of aliphatic hydroxyl groups is 1. The van der Waals surface area contributed by atoms with E-state index in [4.69, 9.17) is 4.74 Å². The van der Waals surface area contributed by atoms with Crippen LogP contribution in [0.4, 0.5) is 0 Å². The van der Waals surface area contributed by atoms with Crippen molar-refractivity contribution in [3.63, 3.8) is 0 Å². The molecule has 1 atom stereocenters. The fraction of sp³-hybridized carbons (Fsp3) is 0.571. The van der Waals surface area contributed by atoms with Gasteiger partial charge in [-0.15, -0.1) is 0 Å². The highest BCUT2D eigenvalue weighted by molar-refractivity contribution is 9.10. The fourth-order valence-electron chi connectivity index (χ4n) is 2.16. The van der Waals surface area contributed by atoms with Gasteiger partial charge >= 0.3 is 0 Å². The second kappa shape index (κ2) is 5.59. The monoisotopic (exact) mass is 313 g/mol. The standard InChI is InChI=1S/C14H20BrNO2/c1-14(9-17,11-3-4-11)16-8-10-7-12(18-2)5-6-13(10)15/h5-7,11,16-17H,3-4,8-9H2,1-2H3. The van der Waals surface area contributed by atoms with Crippen LogP contribution in [0.25, 0.3) is 0 Å². The quantitative estimate of drug-likeness (QED) is 0.848. The van der Waals surface area contributed by atoms with E-state index in [1.165, 1.54) is 12.8 Å². The first-order valence-electron chi connectivity index (χ1n) is 6.27. The minimum absolute atomic E-state index is 0.164. The van der Waals surface area contributed by atoms with Crippen LogP contribution in [0.2, 0.25) is 0 Å². The molecule has 0 aliphatic heterocycles. The van der Waals surface area contributed by atoms with Crippen molar-refractivity contribution in [1.82, 2.24) is 5.32 Å². The minimum atomic E-state index is -0.164. The Bertz CT molecular complexity index is 420. The van der Waals surface area contributed by atoms with Gasteiger partial charge in [0.2, 0.25) is 0 Å². The van der Waals surface area contributed by atoms with Crippen LogP contribution in [0.15, 0.2) is 22.7 Å². The van der Waals surface area contributed by atoms with Crippen molar-refractivity contribution in [2.45, 2.75) is 31.8 Å². The molecule has 18 heavy (non-hydrogen) atoms. The van der Waals surface area contributed by atoms with Crippen molar-refractivity contribution in [3.8, 4) is 5.75 Å². The average Bonchev–Trinajstić information content (AvgIpc) is 3.22. The zero-order chi connectivity index (χ0) is 13.2. The smallest absolute Gasteiger partial charge is 0.119 e. The number of halogens is 1. The number of rotatable bonds is 6. The summed E-state index contributed by atoms with van der Waals surface area (Å²) in [6, 6.07) is 5.94. The van der Waals surface area contributed by atoms with Crippen molar-refractivity contribution in [3.05, 3.63) is 28.2 Å². The number of aliphatic hydroxyl groups excluding tert-OH is 1. The Morgan fingerprint density at radius 2 is 2.22 bits per heavy atom. The summed E-state index contributed by atoms with van der Waals surface area (Å²) < 4.78 is 6.29. The van der Waals surface area contributed by atoms with Crippen LogP contribution in [0, 0.1) is 5.92 Å². The first-order valence-corrected chi connectivity index (χ1v) is 7.06. The van der Waals surface area contributed by atoms with E-state index in [1.807, 2.05) is 18.2 Å². The highest BCUT2D eigenvalue weighted by Gasteiger charge is 2.40. The highest BCUT2D eigenvalue weighted by atomic mass is 79.9. The van der Waals surface area contributed by atoms with Gasteiger partial charge in [0, 0.05) is 16.6 Å². The molecule has 1 saturated carbocycles. The molecular weight excluding hydrogens is 294 g/mol. The summed E-state index contributed by atoms with van der Waals surface area (Å²) in [5.74, 6) is 1.46. The van der Waals surface area contributed by atoms with Gasteiger partial charge in [-0.3, -0.25) is 0 Å². The van der Waals surface area contributed by atoms with Crippen LogP contribution in [0.1, 0.15) is 25.3 Å². The minimum Gasteiger partial charge on any atom is -0.497 e. The summed E-state index contributed by atoms with van der Waals surface area (Å²) in [5.41, 5.74) is 0.984. The summed E-state index contributed by atoms with van der Waals surface area (Å²) in [5, 5.41) is 13.0. The molecule has 0 radical (unpaired) electrons. The second-order valence-corrected chi connectivity index (χ2v) is 6.02. The Balaban J connectivity index is 2.04. The molecule has 1 aliphatic carbocycles. The van der Waals surface area contributed by atoms with E-state index in [9.17, 15) is 5.11 Å². The first-order chi connectivity index (χ1) is 8.59. The Morgan fingerprint density at radius 1 is 1.50 bits per heavy atom. The van der Waals surface area contributed by atoms with E-state index in [2.05, 4.69) is 28.2 Å². The molecule has 0 amide bonds. The van der Waals surface area contributed by atoms with E-state index in [0.717, 1.165) is 22.3 Å². The van der Waals surface area contributed by atoms with Gasteiger partial charge in [-0.25, -0.2) is 0 Å². The van der Waals surface area contributed by atoms with E-state index in [0.29, 0.717) is 5.92 Å². The molecule has 1 unspecified atom stereocenters. The number of methoxy groups -OCH3 is 1. The molecule has 1 aliphatic rings. The Labute approximate surface area is 117 Å². The van der Waals surface area contributed by atoms with E-state index in [1.54, 1.807) is 7.11 Å². The molecular formula is C14H20BrNO2. The second-order valence-electron chi connectivity index (χ2n) is 5.16. The van der Waals surface area contributed by atoms with E-state index >= 15 is 0 Å². The summed E-state index contributed by atoms with van der Waals surface area (Å²) >= 11 is 3.54. The molecule has 4 heteroatoms. The van der Waals surface area contributed by atoms with E-state index < -0.39 is 0 Å². The van der Waals surface area contributed by atoms with Gasteiger partial charge < -0.3 is 15.2 Å². The molecule has 2 rings (SSSR count). The third-order valence-electron chi connectivity index (χ3n) is 3.74. The van der Waals surface area contributed by atoms with Gasteiger partial charge in [-0.2, -0.15) is 0 Å². The number of hydrogen-bond acceptors (Lipinski definition) is 3. The molecule has 1 aromatic rings. The number of hydrogen-bond donors (Lipinski definition) is 2. The predicted molar refractivity (Wildman–Crippen MR) is 75.7 cm³/mol. The molecule has 0 heterocycles. The SMILES string of the molecule is COc1ccc(Br)c(CNC(C)(CO)C2CC2)c1. The first kappa shape index (κ1) is 13.8. The van der Waals surface area contributed by atoms with Crippen molar-refractivity contribution < 1.29 is 9.84 Å². The summed E-state index contributed by atoms with van der Waals surface area (Å²) in [4.78, 5) is 0. The number of benzene rings is 1. The van der Waals surface area contributed by atoms with Crippen molar-refractivity contribution in [2.24, 2.45) is 5.92 Å². The van der Waals surface area contributed by atoms with Crippen molar-refractivity contribution in [1.29, 1.82) is 0 Å². The Kier molecular flexibility index (Phi) is 4.30. The predicted octanol–water partition coefficient (Wildman–Crippen LogP) is 2.71. The third-order valence-corrected chi connectivity index (χ3v) is 4.52. The lowest BCUT2D eigenvalue weighted by molar-refractivity contribution is 0.153. The fourth-order valence-corrected chi connectivity index (χ4v) is 2.55. The van der Waals surface area contributed by atoms with Crippen LogP contribution in [-0.4, -0.2) is 24.4 Å². The van der Waals surface area contributed by atoms with Gasteiger partial charge in [0.1, 0.15) is 5.75 Å². The largest absolute Gasteiger partial charge is 0.497 e. The summed E-state index contributed by atoms with van der Waals surface area (Å²) in [7, 11) is 1.67. The Hall–Kier alpha value is -0.580. The molecule has 3 nitrogen and oxygen atoms in total. The topological polar surface area (TPSA) is 41.5 Å². The molecule has 0 spiro atoms. The molecule has 0 aromatic heterocycles. The lowest BCUT2D eigenvalue weighted by atomic mass is 9.96. The van der Waals surface area contributed by atoms with Crippen LogP contribution < -0.4 is 10.1 Å². The molecule has 0 bridgehead atoms. The summed E-state index contributed by atoms with van der Waals surface area (Å²) in [6.07, 6.45) is 2.42.